The Kier molecular flexibility index (Phi) is 5.19. The Balaban J connectivity index is 1.80. The summed E-state index contributed by atoms with van der Waals surface area (Å²) < 4.78 is 1.49. The lowest BCUT2D eigenvalue weighted by Crippen LogP contribution is -2.28. The van der Waals surface area contributed by atoms with Gasteiger partial charge in [0, 0.05) is 11.0 Å². The highest BCUT2D eigenvalue weighted by atomic mass is 32.2. The van der Waals surface area contributed by atoms with Gasteiger partial charge in [0.05, 0.1) is 5.75 Å². The molecule has 0 saturated carbocycles. The molecule has 0 unspecified atom stereocenters. The van der Waals surface area contributed by atoms with Crippen molar-refractivity contribution < 1.29 is 4.79 Å². The highest BCUT2D eigenvalue weighted by molar-refractivity contribution is 7.99. The van der Waals surface area contributed by atoms with E-state index in [9.17, 15) is 9.59 Å². The van der Waals surface area contributed by atoms with Gasteiger partial charge in [-0.15, -0.1) is 10.2 Å². The van der Waals surface area contributed by atoms with E-state index in [1.54, 1.807) is 0 Å². The Labute approximate surface area is 161 Å². The fraction of sp³-hybridized carbons (Fsp3) is 0.421. The van der Waals surface area contributed by atoms with E-state index in [-0.39, 0.29) is 22.9 Å². The minimum atomic E-state index is -0.415. The number of hydrogen-bond acceptors (Lipinski definition) is 6. The van der Waals surface area contributed by atoms with E-state index in [0.29, 0.717) is 22.3 Å². The number of carbonyl (C=O) groups is 1. The Hall–Kier alpha value is -2.48. The minimum absolute atomic E-state index is 0.00697. The van der Waals surface area contributed by atoms with Gasteiger partial charge in [-0.05, 0) is 11.5 Å². The van der Waals surface area contributed by atoms with E-state index < -0.39 is 5.41 Å². The number of Topliss-reactive ketones (excluding diaryl/α,β-unsaturated/α-hetero) is 1. The van der Waals surface area contributed by atoms with Crippen LogP contribution in [0.5, 0.6) is 0 Å². The Morgan fingerprint density at radius 3 is 2.44 bits per heavy atom. The van der Waals surface area contributed by atoms with E-state index in [0.717, 1.165) is 0 Å². The van der Waals surface area contributed by atoms with Gasteiger partial charge < -0.3 is 0 Å². The molecule has 27 heavy (non-hydrogen) atoms. The minimum Gasteiger partial charge on any atom is -0.293 e. The summed E-state index contributed by atoms with van der Waals surface area (Å²) in [7, 11) is 0. The summed E-state index contributed by atoms with van der Waals surface area (Å²) in [6.45, 7) is 9.98. The third kappa shape index (κ3) is 4.10. The van der Waals surface area contributed by atoms with E-state index in [1.807, 2.05) is 45.0 Å². The third-order valence-corrected chi connectivity index (χ3v) is 5.11. The van der Waals surface area contributed by atoms with Gasteiger partial charge in [0.2, 0.25) is 5.16 Å². The first kappa shape index (κ1) is 19.3. The number of aromatic nitrogens is 5. The number of thioether (sulfide) groups is 1. The number of benzene rings is 1. The van der Waals surface area contributed by atoms with Crippen molar-refractivity contribution in [1.82, 2.24) is 24.8 Å². The molecule has 0 amide bonds. The van der Waals surface area contributed by atoms with Gasteiger partial charge in [0.25, 0.3) is 11.3 Å². The van der Waals surface area contributed by atoms with Crippen LogP contribution in [0.2, 0.25) is 0 Å². The summed E-state index contributed by atoms with van der Waals surface area (Å²) in [6.07, 6.45) is 0. The second kappa shape index (κ2) is 7.26. The highest BCUT2D eigenvalue weighted by Crippen LogP contribution is 2.20. The molecule has 1 aromatic carbocycles. The molecule has 7 nitrogen and oxygen atoms in total. The van der Waals surface area contributed by atoms with Crippen molar-refractivity contribution in [3.8, 4) is 0 Å². The van der Waals surface area contributed by atoms with Crippen LogP contribution in [-0.2, 0) is 5.41 Å². The maximum atomic E-state index is 12.5. The summed E-state index contributed by atoms with van der Waals surface area (Å²) in [5.74, 6) is 0.917. The van der Waals surface area contributed by atoms with Crippen molar-refractivity contribution in [3.63, 3.8) is 0 Å². The molecule has 0 aliphatic rings. The van der Waals surface area contributed by atoms with Crippen LogP contribution in [0.1, 0.15) is 62.2 Å². The van der Waals surface area contributed by atoms with Crippen molar-refractivity contribution >= 4 is 23.3 Å². The van der Waals surface area contributed by atoms with Gasteiger partial charge in [-0.25, -0.2) is 0 Å². The zero-order valence-corrected chi connectivity index (χ0v) is 16.9. The van der Waals surface area contributed by atoms with E-state index in [2.05, 4.69) is 34.1 Å². The topological polar surface area (TPSA) is 93.0 Å². The number of rotatable bonds is 5. The summed E-state index contributed by atoms with van der Waals surface area (Å²) in [5, 5.41) is 12.9. The van der Waals surface area contributed by atoms with Crippen molar-refractivity contribution in [2.24, 2.45) is 0 Å². The van der Waals surface area contributed by atoms with Crippen molar-refractivity contribution in [1.29, 1.82) is 0 Å². The molecule has 2 aromatic heterocycles. The number of nitrogens with zero attached hydrogens (tertiary/aromatic N) is 4. The van der Waals surface area contributed by atoms with Gasteiger partial charge in [-0.3, -0.25) is 14.6 Å². The summed E-state index contributed by atoms with van der Waals surface area (Å²) in [5.41, 5.74) is 1.57. The molecule has 0 atom stereocenters. The fourth-order valence-electron chi connectivity index (χ4n) is 2.59. The standard InChI is InChI=1S/C19H23N5O2S/c1-11(2)12-6-8-13(9-7-12)14(25)10-27-18-22-21-17-20-16(26)15(19(3,4)5)23-24(17)18/h6-9,11H,10H2,1-5H3,(H,20,21,26). The van der Waals surface area contributed by atoms with Gasteiger partial charge in [-0.2, -0.15) is 9.61 Å². The molecule has 0 fully saturated rings. The maximum Gasteiger partial charge on any atom is 0.274 e. The number of aromatic amines is 1. The lowest BCUT2D eigenvalue weighted by atomic mass is 9.93. The predicted octanol–water partition coefficient (Wildman–Crippen LogP) is 3.21. The first-order valence-corrected chi connectivity index (χ1v) is 9.77. The molecule has 3 rings (SSSR count). The maximum absolute atomic E-state index is 12.5. The van der Waals surface area contributed by atoms with Gasteiger partial charge >= 0.3 is 0 Å². The molecule has 0 saturated heterocycles. The zero-order valence-electron chi connectivity index (χ0n) is 16.1. The Bertz CT molecular complexity index is 1030. The third-order valence-electron chi connectivity index (χ3n) is 4.19. The average Bonchev–Trinajstić information content (AvgIpc) is 3.00. The molecule has 0 aliphatic heterocycles. The smallest absolute Gasteiger partial charge is 0.274 e. The van der Waals surface area contributed by atoms with Crippen LogP contribution in [0, 0.1) is 0 Å². The molecule has 0 aliphatic carbocycles. The zero-order chi connectivity index (χ0) is 19.8. The van der Waals surface area contributed by atoms with Crippen LogP contribution in [0.3, 0.4) is 0 Å². The molecule has 0 bridgehead atoms. The van der Waals surface area contributed by atoms with Gasteiger partial charge in [-0.1, -0.05) is 70.6 Å². The molecule has 2 heterocycles. The number of H-pyrrole nitrogens is 1. The number of nitrogens with one attached hydrogen (secondary N) is 1. The van der Waals surface area contributed by atoms with Gasteiger partial charge in [0.15, 0.2) is 5.78 Å². The van der Waals surface area contributed by atoms with Crippen LogP contribution in [-0.4, -0.2) is 36.3 Å². The molecule has 0 radical (unpaired) electrons. The van der Waals surface area contributed by atoms with Crippen molar-refractivity contribution in [3.05, 3.63) is 51.4 Å². The lowest BCUT2D eigenvalue weighted by molar-refractivity contribution is 0.102. The molecule has 142 valence electrons. The predicted molar refractivity (Wildman–Crippen MR) is 106 cm³/mol. The SMILES string of the molecule is CC(C)c1ccc(C(=O)CSc2nnc3[nH]c(=O)c(C(C)(C)C)nn23)cc1. The van der Waals surface area contributed by atoms with E-state index >= 15 is 0 Å². The molecule has 0 spiro atoms. The normalized spacial score (nSPS) is 12.1. The summed E-state index contributed by atoms with van der Waals surface area (Å²) >= 11 is 1.25. The largest absolute Gasteiger partial charge is 0.293 e. The number of carbonyl (C=O) groups excluding carboxylic acids is 1. The van der Waals surface area contributed by atoms with Crippen LogP contribution in [0.25, 0.3) is 5.78 Å². The van der Waals surface area contributed by atoms with Crippen LogP contribution >= 0.6 is 11.8 Å². The average molecular weight is 385 g/mol. The molecule has 3 aromatic rings. The first-order valence-electron chi connectivity index (χ1n) is 8.79. The summed E-state index contributed by atoms with van der Waals surface area (Å²) in [6, 6.07) is 7.68. The Morgan fingerprint density at radius 1 is 1.19 bits per heavy atom. The Morgan fingerprint density at radius 2 is 1.85 bits per heavy atom. The first-order chi connectivity index (χ1) is 12.7. The molecular weight excluding hydrogens is 362 g/mol. The monoisotopic (exact) mass is 385 g/mol. The highest BCUT2D eigenvalue weighted by Gasteiger charge is 2.22. The van der Waals surface area contributed by atoms with Crippen LogP contribution < -0.4 is 5.56 Å². The second-order valence-corrected chi connectivity index (χ2v) is 8.70. The van der Waals surface area contributed by atoms with Crippen LogP contribution in [0.4, 0.5) is 0 Å². The van der Waals surface area contributed by atoms with E-state index in [4.69, 9.17) is 0 Å². The number of ketones is 1. The van der Waals surface area contributed by atoms with Crippen LogP contribution in [0.15, 0.2) is 34.2 Å². The van der Waals surface area contributed by atoms with Crippen molar-refractivity contribution in [2.75, 3.05) is 5.75 Å². The molecule has 8 heteroatoms. The van der Waals surface area contributed by atoms with Crippen molar-refractivity contribution in [2.45, 2.75) is 51.1 Å². The molecular formula is C19H23N5O2S. The second-order valence-electron chi connectivity index (χ2n) is 7.76. The fourth-order valence-corrected chi connectivity index (χ4v) is 3.36. The quantitative estimate of drug-likeness (QED) is 0.535. The van der Waals surface area contributed by atoms with E-state index in [1.165, 1.54) is 21.8 Å². The van der Waals surface area contributed by atoms with Gasteiger partial charge in [0.1, 0.15) is 5.69 Å². The lowest BCUT2D eigenvalue weighted by Gasteiger charge is -2.15. The summed E-state index contributed by atoms with van der Waals surface area (Å²) in [4.78, 5) is 27.3. The number of fused-ring (bicyclic) bond motifs is 1. The molecule has 1 N–H and O–H groups in total. The number of hydrogen-bond donors (Lipinski definition) is 1.